The van der Waals surface area contributed by atoms with Crippen molar-refractivity contribution in [2.45, 2.75) is 33.2 Å². The molecule has 8 heteroatoms. The van der Waals surface area contributed by atoms with Crippen molar-refractivity contribution in [3.63, 3.8) is 0 Å². The van der Waals surface area contributed by atoms with Crippen molar-refractivity contribution < 1.29 is 9.59 Å². The van der Waals surface area contributed by atoms with Gasteiger partial charge in [-0.2, -0.15) is 4.98 Å². The summed E-state index contributed by atoms with van der Waals surface area (Å²) in [5, 5.41) is 8.91. The lowest BCUT2D eigenvalue weighted by Gasteiger charge is -2.20. The number of hydrogen-bond acceptors (Lipinski definition) is 5. The number of carbonyl (C=O) groups is 2. The first-order chi connectivity index (χ1) is 9.95. The number of nitrogens with one attached hydrogen (secondary N) is 1. The first kappa shape index (κ1) is 14.0. The van der Waals surface area contributed by atoms with E-state index in [0.717, 1.165) is 10.7 Å². The van der Waals surface area contributed by atoms with Gasteiger partial charge >= 0.3 is 0 Å². The van der Waals surface area contributed by atoms with E-state index in [1.807, 2.05) is 26.2 Å². The summed E-state index contributed by atoms with van der Waals surface area (Å²) in [5.74, 6) is -0.199. The van der Waals surface area contributed by atoms with E-state index in [-0.39, 0.29) is 30.2 Å². The van der Waals surface area contributed by atoms with Crippen molar-refractivity contribution >= 4 is 34.1 Å². The molecule has 21 heavy (non-hydrogen) atoms. The maximum Gasteiger partial charge on any atom is 0.250 e. The Morgan fingerprint density at radius 2 is 2.29 bits per heavy atom. The first-order valence-corrected chi connectivity index (χ1v) is 7.75. The highest BCUT2D eigenvalue weighted by atomic mass is 32.1. The van der Waals surface area contributed by atoms with Gasteiger partial charge in [-0.05, 0) is 20.8 Å². The van der Waals surface area contributed by atoms with Crippen LogP contribution < -0.4 is 5.32 Å². The molecule has 0 radical (unpaired) electrons. The van der Waals surface area contributed by atoms with Crippen LogP contribution in [0.25, 0.3) is 4.96 Å². The predicted octanol–water partition coefficient (Wildman–Crippen LogP) is 1.29. The number of anilines is 1. The molecule has 0 aliphatic carbocycles. The third-order valence-electron chi connectivity index (χ3n) is 3.63. The lowest BCUT2D eigenvalue weighted by Crippen LogP contribution is -2.33. The molecule has 0 aromatic carbocycles. The fourth-order valence-corrected chi connectivity index (χ4v) is 3.26. The molecule has 112 valence electrons. The number of thiazole rings is 1. The molecule has 0 spiro atoms. The van der Waals surface area contributed by atoms with E-state index in [2.05, 4.69) is 15.4 Å². The SMILES string of the molecule is Cc1csc2nc(NC(=O)C3CC(=O)N(C(C)C)C3)nn12. The second-order valence-electron chi connectivity index (χ2n) is 5.54. The van der Waals surface area contributed by atoms with Crippen molar-refractivity contribution in [3.8, 4) is 0 Å². The van der Waals surface area contributed by atoms with Crippen molar-refractivity contribution in [2.24, 2.45) is 5.92 Å². The molecule has 0 bridgehead atoms. The summed E-state index contributed by atoms with van der Waals surface area (Å²) in [4.78, 5) is 30.8. The van der Waals surface area contributed by atoms with Crippen LogP contribution in [0.4, 0.5) is 5.95 Å². The Bertz CT molecular complexity index is 705. The minimum absolute atomic E-state index is 0.0276. The number of likely N-dealkylation sites (tertiary alicyclic amines) is 1. The van der Waals surface area contributed by atoms with Gasteiger partial charge in [0.25, 0.3) is 0 Å². The van der Waals surface area contributed by atoms with Crippen LogP contribution in [0.1, 0.15) is 26.0 Å². The van der Waals surface area contributed by atoms with Gasteiger partial charge in [0.15, 0.2) is 0 Å². The molecule has 3 heterocycles. The Morgan fingerprint density at radius 1 is 1.52 bits per heavy atom. The van der Waals surface area contributed by atoms with Crippen molar-refractivity contribution in [3.05, 3.63) is 11.1 Å². The van der Waals surface area contributed by atoms with Gasteiger partial charge in [-0.25, -0.2) is 4.52 Å². The largest absolute Gasteiger partial charge is 0.339 e. The number of aryl methyl sites for hydroxylation is 1. The van der Waals surface area contributed by atoms with Crippen LogP contribution in [0.3, 0.4) is 0 Å². The Labute approximate surface area is 126 Å². The summed E-state index contributed by atoms with van der Waals surface area (Å²) in [6.07, 6.45) is 0.255. The van der Waals surface area contributed by atoms with Crippen LogP contribution in [-0.4, -0.2) is 43.9 Å². The minimum atomic E-state index is -0.331. The summed E-state index contributed by atoms with van der Waals surface area (Å²) in [7, 11) is 0. The van der Waals surface area contributed by atoms with Gasteiger partial charge in [-0.3, -0.25) is 14.9 Å². The summed E-state index contributed by atoms with van der Waals surface area (Å²) < 4.78 is 1.69. The molecular weight excluding hydrogens is 290 g/mol. The van der Waals surface area contributed by atoms with Gasteiger partial charge in [0, 0.05) is 24.4 Å². The number of fused-ring (bicyclic) bond motifs is 1. The second kappa shape index (κ2) is 5.10. The maximum absolute atomic E-state index is 12.2. The van der Waals surface area contributed by atoms with Crippen LogP contribution in [0.5, 0.6) is 0 Å². The van der Waals surface area contributed by atoms with Crippen LogP contribution in [0, 0.1) is 12.8 Å². The number of aromatic nitrogens is 3. The van der Waals surface area contributed by atoms with E-state index in [1.165, 1.54) is 11.3 Å². The highest BCUT2D eigenvalue weighted by molar-refractivity contribution is 7.15. The highest BCUT2D eigenvalue weighted by Gasteiger charge is 2.35. The zero-order valence-corrected chi connectivity index (χ0v) is 13.0. The maximum atomic E-state index is 12.2. The zero-order chi connectivity index (χ0) is 15.1. The molecule has 2 aromatic rings. The Balaban J connectivity index is 1.70. The molecule has 1 unspecified atom stereocenters. The van der Waals surface area contributed by atoms with Crippen molar-refractivity contribution in [1.29, 1.82) is 0 Å². The Kier molecular flexibility index (Phi) is 3.40. The molecule has 1 aliphatic rings. The van der Waals surface area contributed by atoms with Crippen LogP contribution in [0.2, 0.25) is 0 Å². The topological polar surface area (TPSA) is 79.6 Å². The van der Waals surface area contributed by atoms with E-state index < -0.39 is 0 Å². The van der Waals surface area contributed by atoms with Crippen molar-refractivity contribution in [2.75, 3.05) is 11.9 Å². The quantitative estimate of drug-likeness (QED) is 0.927. The van der Waals surface area contributed by atoms with Gasteiger partial charge in [-0.15, -0.1) is 16.4 Å². The third-order valence-corrected chi connectivity index (χ3v) is 4.57. The molecule has 1 fully saturated rings. The van der Waals surface area contributed by atoms with Gasteiger partial charge in [0.1, 0.15) is 0 Å². The van der Waals surface area contributed by atoms with Gasteiger partial charge < -0.3 is 4.90 Å². The molecule has 1 saturated heterocycles. The molecule has 1 N–H and O–H groups in total. The standard InChI is InChI=1S/C13H17N5O2S/c1-7(2)17-5-9(4-10(17)19)11(20)14-12-15-13-18(16-12)8(3)6-21-13/h6-7,9H,4-5H2,1-3H3,(H,14,16,20). The number of nitrogens with zero attached hydrogens (tertiary/aromatic N) is 4. The number of amides is 2. The molecule has 0 saturated carbocycles. The molecule has 1 atom stereocenters. The van der Waals surface area contributed by atoms with E-state index in [0.29, 0.717) is 12.5 Å². The third kappa shape index (κ3) is 2.51. The molecule has 7 nitrogen and oxygen atoms in total. The normalized spacial score (nSPS) is 19.0. The summed E-state index contributed by atoms with van der Waals surface area (Å²) in [6, 6.07) is 0.119. The molecule has 3 rings (SSSR count). The molecular formula is C13H17N5O2S. The van der Waals surface area contributed by atoms with Crippen LogP contribution >= 0.6 is 11.3 Å². The number of carbonyl (C=O) groups excluding carboxylic acids is 2. The second-order valence-corrected chi connectivity index (χ2v) is 6.37. The summed E-state index contributed by atoms with van der Waals surface area (Å²) in [6.45, 7) is 6.29. The van der Waals surface area contributed by atoms with E-state index in [4.69, 9.17) is 0 Å². The average Bonchev–Trinajstić information content (AvgIpc) is 3.06. The minimum Gasteiger partial charge on any atom is -0.339 e. The average molecular weight is 307 g/mol. The number of hydrogen-bond donors (Lipinski definition) is 1. The van der Waals surface area contributed by atoms with E-state index in [1.54, 1.807) is 9.42 Å². The van der Waals surface area contributed by atoms with Gasteiger partial charge in [0.05, 0.1) is 11.6 Å². The Morgan fingerprint density at radius 3 is 2.90 bits per heavy atom. The summed E-state index contributed by atoms with van der Waals surface area (Å²) in [5.41, 5.74) is 0.977. The zero-order valence-electron chi connectivity index (χ0n) is 12.2. The fraction of sp³-hybridized carbons (Fsp3) is 0.538. The predicted molar refractivity (Wildman–Crippen MR) is 79.2 cm³/mol. The molecule has 1 aliphatic heterocycles. The number of rotatable bonds is 3. The smallest absolute Gasteiger partial charge is 0.250 e. The Hall–Kier alpha value is -1.96. The lowest BCUT2D eigenvalue weighted by atomic mass is 10.1. The van der Waals surface area contributed by atoms with Gasteiger partial charge in [-0.1, -0.05) is 0 Å². The van der Waals surface area contributed by atoms with Crippen LogP contribution in [0.15, 0.2) is 5.38 Å². The fourth-order valence-electron chi connectivity index (χ4n) is 2.46. The summed E-state index contributed by atoms with van der Waals surface area (Å²) >= 11 is 1.47. The monoisotopic (exact) mass is 307 g/mol. The van der Waals surface area contributed by atoms with E-state index in [9.17, 15) is 9.59 Å². The molecule has 2 amide bonds. The van der Waals surface area contributed by atoms with Crippen molar-refractivity contribution in [1.82, 2.24) is 19.5 Å². The van der Waals surface area contributed by atoms with E-state index >= 15 is 0 Å². The van der Waals surface area contributed by atoms with Gasteiger partial charge in [0.2, 0.25) is 22.7 Å². The highest BCUT2D eigenvalue weighted by Crippen LogP contribution is 2.22. The molecule has 2 aromatic heterocycles. The lowest BCUT2D eigenvalue weighted by molar-refractivity contribution is -0.129. The van der Waals surface area contributed by atoms with Crippen LogP contribution in [-0.2, 0) is 9.59 Å². The first-order valence-electron chi connectivity index (χ1n) is 6.87.